The molecule has 1 saturated heterocycles. The predicted octanol–water partition coefficient (Wildman–Crippen LogP) is 1.13. The average molecular weight is 183 g/mol. The Morgan fingerprint density at radius 2 is 2.08 bits per heavy atom. The first-order chi connectivity index (χ1) is 6.00. The highest BCUT2D eigenvalue weighted by molar-refractivity contribution is 5.96. The van der Waals surface area contributed by atoms with Gasteiger partial charge in [0, 0.05) is 12.3 Å². The van der Waals surface area contributed by atoms with Gasteiger partial charge in [0.1, 0.15) is 0 Å². The molecule has 0 saturated carbocycles. The normalized spacial score (nSPS) is 29.2. The van der Waals surface area contributed by atoms with Crippen molar-refractivity contribution in [3.63, 3.8) is 0 Å². The molecule has 1 aliphatic rings. The van der Waals surface area contributed by atoms with Gasteiger partial charge in [0.25, 0.3) is 0 Å². The molecule has 3 heteroatoms. The van der Waals surface area contributed by atoms with Gasteiger partial charge in [-0.3, -0.25) is 9.59 Å². The fourth-order valence-electron chi connectivity index (χ4n) is 1.68. The maximum absolute atomic E-state index is 11.4. The number of ketones is 1. The largest absolute Gasteiger partial charge is 0.346 e. The number of Topliss-reactive ketones (excluding diaryl/α,β-unsaturated/α-hetero) is 1. The Kier molecular flexibility index (Phi) is 3.07. The Labute approximate surface area is 78.9 Å². The first-order valence-electron chi connectivity index (χ1n) is 4.83. The smallest absolute Gasteiger partial charge is 0.224 e. The zero-order chi connectivity index (χ0) is 10.0. The van der Waals surface area contributed by atoms with Crippen LogP contribution >= 0.6 is 0 Å². The molecular formula is C10H17NO2. The van der Waals surface area contributed by atoms with Crippen molar-refractivity contribution in [1.82, 2.24) is 5.32 Å². The van der Waals surface area contributed by atoms with Gasteiger partial charge in [0.15, 0.2) is 5.78 Å². The number of piperidine rings is 1. The van der Waals surface area contributed by atoms with E-state index in [1.807, 2.05) is 0 Å². The van der Waals surface area contributed by atoms with Gasteiger partial charge in [-0.25, -0.2) is 0 Å². The van der Waals surface area contributed by atoms with Crippen LogP contribution in [-0.2, 0) is 9.59 Å². The molecule has 1 rings (SSSR count). The maximum atomic E-state index is 11.4. The van der Waals surface area contributed by atoms with Crippen LogP contribution in [0.5, 0.6) is 0 Å². The van der Waals surface area contributed by atoms with E-state index in [1.165, 1.54) is 0 Å². The first kappa shape index (κ1) is 10.2. The molecule has 0 bridgehead atoms. The lowest BCUT2D eigenvalue weighted by atomic mass is 9.87. The van der Waals surface area contributed by atoms with E-state index in [4.69, 9.17) is 0 Å². The summed E-state index contributed by atoms with van der Waals surface area (Å²) in [5, 5.41) is 2.70. The van der Waals surface area contributed by atoms with Crippen LogP contribution in [0.1, 0.15) is 33.6 Å². The van der Waals surface area contributed by atoms with Crippen LogP contribution in [0, 0.1) is 11.8 Å². The van der Waals surface area contributed by atoms with Crippen molar-refractivity contribution in [2.75, 3.05) is 0 Å². The molecule has 1 heterocycles. The molecule has 1 N–H and O–H groups in total. The van der Waals surface area contributed by atoms with Gasteiger partial charge >= 0.3 is 0 Å². The third-order valence-electron chi connectivity index (χ3n) is 2.42. The third kappa shape index (κ3) is 2.54. The van der Waals surface area contributed by atoms with E-state index >= 15 is 0 Å². The lowest BCUT2D eigenvalue weighted by Crippen LogP contribution is -2.48. The average Bonchev–Trinajstić information content (AvgIpc) is 1.99. The van der Waals surface area contributed by atoms with Crippen LogP contribution in [0.4, 0.5) is 0 Å². The van der Waals surface area contributed by atoms with Crippen LogP contribution in [-0.4, -0.2) is 17.7 Å². The Balaban J connectivity index is 2.56. The van der Waals surface area contributed by atoms with Gasteiger partial charge in [-0.05, 0) is 19.3 Å². The quantitative estimate of drug-likeness (QED) is 0.697. The van der Waals surface area contributed by atoms with E-state index < -0.39 is 0 Å². The standard InChI is InChI=1S/C10H17NO2/c1-6(2)4-8-5-9(12)7(3)11-10(8)13/h6-8H,4-5H2,1-3H3,(H,11,13). The van der Waals surface area contributed by atoms with E-state index in [9.17, 15) is 9.59 Å². The molecular weight excluding hydrogens is 166 g/mol. The summed E-state index contributed by atoms with van der Waals surface area (Å²) in [6.07, 6.45) is 1.23. The number of rotatable bonds is 2. The fraction of sp³-hybridized carbons (Fsp3) is 0.800. The zero-order valence-electron chi connectivity index (χ0n) is 8.46. The van der Waals surface area contributed by atoms with Crippen molar-refractivity contribution in [2.24, 2.45) is 11.8 Å². The van der Waals surface area contributed by atoms with Crippen LogP contribution in [0.15, 0.2) is 0 Å². The monoisotopic (exact) mass is 183 g/mol. The van der Waals surface area contributed by atoms with Crippen molar-refractivity contribution in [3.05, 3.63) is 0 Å². The molecule has 0 spiro atoms. The zero-order valence-corrected chi connectivity index (χ0v) is 8.46. The lowest BCUT2D eigenvalue weighted by Gasteiger charge is -2.26. The highest BCUT2D eigenvalue weighted by atomic mass is 16.2. The van der Waals surface area contributed by atoms with Gasteiger partial charge in [0.05, 0.1) is 6.04 Å². The summed E-state index contributed by atoms with van der Waals surface area (Å²) < 4.78 is 0. The summed E-state index contributed by atoms with van der Waals surface area (Å²) in [4.78, 5) is 22.7. The molecule has 0 aromatic carbocycles. The van der Waals surface area contributed by atoms with Crippen molar-refractivity contribution in [2.45, 2.75) is 39.7 Å². The molecule has 1 amide bonds. The second-order valence-electron chi connectivity index (χ2n) is 4.23. The van der Waals surface area contributed by atoms with E-state index in [1.54, 1.807) is 6.92 Å². The summed E-state index contributed by atoms with van der Waals surface area (Å²) in [7, 11) is 0. The van der Waals surface area contributed by atoms with Gasteiger partial charge in [-0.1, -0.05) is 13.8 Å². The van der Waals surface area contributed by atoms with Crippen LogP contribution in [0.3, 0.4) is 0 Å². The van der Waals surface area contributed by atoms with Crippen LogP contribution in [0.25, 0.3) is 0 Å². The predicted molar refractivity (Wildman–Crippen MR) is 50.2 cm³/mol. The first-order valence-corrected chi connectivity index (χ1v) is 4.83. The number of carbonyl (C=O) groups excluding carboxylic acids is 2. The van der Waals surface area contributed by atoms with E-state index in [2.05, 4.69) is 19.2 Å². The number of carbonyl (C=O) groups is 2. The fourth-order valence-corrected chi connectivity index (χ4v) is 1.68. The van der Waals surface area contributed by atoms with Crippen molar-refractivity contribution in [3.8, 4) is 0 Å². The molecule has 13 heavy (non-hydrogen) atoms. The Morgan fingerprint density at radius 1 is 1.46 bits per heavy atom. The molecule has 1 aliphatic heterocycles. The number of amides is 1. The van der Waals surface area contributed by atoms with E-state index in [-0.39, 0.29) is 23.7 Å². The van der Waals surface area contributed by atoms with Crippen LogP contribution in [0.2, 0.25) is 0 Å². The molecule has 2 unspecified atom stereocenters. The van der Waals surface area contributed by atoms with Crippen LogP contribution < -0.4 is 5.32 Å². The highest BCUT2D eigenvalue weighted by Gasteiger charge is 2.31. The molecule has 2 atom stereocenters. The Bertz CT molecular complexity index is 223. The second-order valence-corrected chi connectivity index (χ2v) is 4.23. The Hall–Kier alpha value is -0.860. The van der Waals surface area contributed by atoms with Gasteiger partial charge in [-0.15, -0.1) is 0 Å². The lowest BCUT2D eigenvalue weighted by molar-refractivity contribution is -0.137. The summed E-state index contributed by atoms with van der Waals surface area (Å²) in [6.45, 7) is 5.87. The molecule has 74 valence electrons. The highest BCUT2D eigenvalue weighted by Crippen LogP contribution is 2.20. The van der Waals surface area contributed by atoms with Gasteiger partial charge in [-0.2, -0.15) is 0 Å². The Morgan fingerprint density at radius 3 is 2.62 bits per heavy atom. The number of nitrogens with one attached hydrogen (secondary N) is 1. The minimum absolute atomic E-state index is 0.0424. The molecule has 0 aromatic rings. The van der Waals surface area contributed by atoms with Gasteiger partial charge in [0.2, 0.25) is 5.91 Å². The maximum Gasteiger partial charge on any atom is 0.224 e. The second kappa shape index (κ2) is 3.90. The molecule has 0 radical (unpaired) electrons. The summed E-state index contributed by atoms with van der Waals surface area (Å²) in [5.41, 5.74) is 0. The third-order valence-corrected chi connectivity index (χ3v) is 2.42. The minimum Gasteiger partial charge on any atom is -0.346 e. The van der Waals surface area contributed by atoms with E-state index in [0.29, 0.717) is 12.3 Å². The summed E-state index contributed by atoms with van der Waals surface area (Å²) in [6, 6.07) is -0.282. The summed E-state index contributed by atoms with van der Waals surface area (Å²) in [5.74, 6) is 0.576. The molecule has 3 nitrogen and oxygen atoms in total. The van der Waals surface area contributed by atoms with Crippen molar-refractivity contribution in [1.29, 1.82) is 0 Å². The molecule has 1 fully saturated rings. The van der Waals surface area contributed by atoms with Crippen molar-refractivity contribution >= 4 is 11.7 Å². The van der Waals surface area contributed by atoms with Gasteiger partial charge < -0.3 is 5.32 Å². The summed E-state index contributed by atoms with van der Waals surface area (Å²) >= 11 is 0. The van der Waals surface area contributed by atoms with Crippen molar-refractivity contribution < 1.29 is 9.59 Å². The minimum atomic E-state index is -0.282. The van der Waals surface area contributed by atoms with E-state index in [0.717, 1.165) is 6.42 Å². The molecule has 0 aliphatic carbocycles. The number of hydrogen-bond donors (Lipinski definition) is 1. The molecule has 0 aromatic heterocycles. The number of hydrogen-bond acceptors (Lipinski definition) is 2. The SMILES string of the molecule is CC(C)CC1CC(=O)C(C)NC1=O. The topological polar surface area (TPSA) is 46.2 Å².